The number of phenols is 2. The Morgan fingerprint density at radius 3 is 2.51 bits per heavy atom. The Hall–Kier alpha value is -4.23. The molecule has 35 heavy (non-hydrogen) atoms. The summed E-state index contributed by atoms with van der Waals surface area (Å²) < 4.78 is 13.7. The summed E-state index contributed by atoms with van der Waals surface area (Å²) in [6, 6.07) is 19.8. The first-order chi connectivity index (χ1) is 16.9. The number of hydrogen-bond donors (Lipinski definition) is 2. The molecule has 0 fully saturated rings. The Balaban J connectivity index is 1.52. The van der Waals surface area contributed by atoms with Crippen LogP contribution < -0.4 is 4.90 Å². The van der Waals surface area contributed by atoms with E-state index in [1.54, 1.807) is 11.0 Å². The highest BCUT2D eigenvalue weighted by Gasteiger charge is 2.22. The number of aromatic nitrogens is 1. The maximum atomic E-state index is 13.7. The van der Waals surface area contributed by atoms with Gasteiger partial charge in [-0.05, 0) is 77.3 Å². The molecule has 0 atom stereocenters. The van der Waals surface area contributed by atoms with Gasteiger partial charge in [-0.15, -0.1) is 0 Å². The second-order valence-electron chi connectivity index (χ2n) is 8.26. The molecular formula is C28H21FN2O3S. The fraction of sp³-hybridized carbons (Fsp3) is 0.0714. The number of halogens is 1. The molecule has 0 spiro atoms. The molecule has 174 valence electrons. The van der Waals surface area contributed by atoms with Gasteiger partial charge in [0, 0.05) is 28.8 Å². The summed E-state index contributed by atoms with van der Waals surface area (Å²) in [5.74, 6) is -1.14. The molecule has 2 N–H and O–H groups in total. The number of benzene rings is 3. The first-order valence-corrected chi connectivity index (χ1v) is 11.9. The summed E-state index contributed by atoms with van der Waals surface area (Å²) in [7, 11) is 0. The molecule has 0 aliphatic heterocycles. The number of aryl methyl sites for hydroxylation is 1. The van der Waals surface area contributed by atoms with Crippen LogP contribution >= 0.6 is 11.3 Å². The van der Waals surface area contributed by atoms with E-state index >= 15 is 0 Å². The summed E-state index contributed by atoms with van der Waals surface area (Å²) >= 11 is 1.54. The van der Waals surface area contributed by atoms with Gasteiger partial charge >= 0.3 is 0 Å². The molecule has 0 saturated heterocycles. The van der Waals surface area contributed by atoms with Gasteiger partial charge in [0.1, 0.15) is 17.3 Å². The molecule has 7 heteroatoms. The molecule has 2 heterocycles. The molecule has 3 aromatic carbocycles. The largest absolute Gasteiger partial charge is 0.508 e. The standard InChI is InChI=1S/C28H21FN2O3S/c1-17-12-20-2-5-21(29)13-25(20)30-27(17)19-3-6-22(7-4-19)31(15-18-10-11-35-16-18)28(34)24-9-8-23(32)14-26(24)33/h2-14,16,32-33H,15H2,1H3. The van der Waals surface area contributed by atoms with Gasteiger partial charge < -0.3 is 15.1 Å². The number of phenolic OH excluding ortho intramolecular Hbond substituents is 2. The third kappa shape index (κ3) is 4.58. The van der Waals surface area contributed by atoms with Crippen molar-refractivity contribution in [3.8, 4) is 22.8 Å². The van der Waals surface area contributed by atoms with Crippen molar-refractivity contribution in [1.29, 1.82) is 0 Å². The molecule has 2 aromatic heterocycles. The van der Waals surface area contributed by atoms with Crippen molar-refractivity contribution in [1.82, 2.24) is 4.98 Å². The van der Waals surface area contributed by atoms with E-state index in [1.165, 1.54) is 35.6 Å². The Labute approximate surface area is 205 Å². The van der Waals surface area contributed by atoms with Crippen LogP contribution in [-0.2, 0) is 6.54 Å². The Kier molecular flexibility index (Phi) is 5.93. The lowest BCUT2D eigenvalue weighted by molar-refractivity contribution is 0.0982. The predicted octanol–water partition coefficient (Wildman–Crippen LogP) is 6.67. The van der Waals surface area contributed by atoms with Crippen molar-refractivity contribution in [2.45, 2.75) is 13.5 Å². The summed E-state index contributed by atoms with van der Waals surface area (Å²) in [5, 5.41) is 24.7. The van der Waals surface area contributed by atoms with Crippen LogP contribution in [0.5, 0.6) is 11.5 Å². The van der Waals surface area contributed by atoms with Crippen molar-refractivity contribution in [3.05, 3.63) is 106 Å². The number of anilines is 1. The maximum Gasteiger partial charge on any atom is 0.262 e. The molecule has 0 unspecified atom stereocenters. The van der Waals surface area contributed by atoms with Crippen molar-refractivity contribution >= 4 is 33.8 Å². The van der Waals surface area contributed by atoms with Crippen LogP contribution in [0.25, 0.3) is 22.2 Å². The number of rotatable bonds is 5. The average Bonchev–Trinajstić information content (AvgIpc) is 3.36. The van der Waals surface area contributed by atoms with Crippen molar-refractivity contribution in [2.75, 3.05) is 4.90 Å². The van der Waals surface area contributed by atoms with Gasteiger partial charge in [0.2, 0.25) is 0 Å². The van der Waals surface area contributed by atoms with Gasteiger partial charge in [-0.1, -0.05) is 12.1 Å². The second kappa shape index (κ2) is 9.19. The van der Waals surface area contributed by atoms with Gasteiger partial charge in [-0.25, -0.2) is 9.37 Å². The Morgan fingerprint density at radius 2 is 1.80 bits per heavy atom. The predicted molar refractivity (Wildman–Crippen MR) is 136 cm³/mol. The minimum absolute atomic E-state index is 0.0937. The molecule has 1 amide bonds. The van der Waals surface area contributed by atoms with E-state index < -0.39 is 5.91 Å². The number of pyridine rings is 1. The minimum Gasteiger partial charge on any atom is -0.508 e. The van der Waals surface area contributed by atoms with Crippen LogP contribution in [0.4, 0.5) is 10.1 Å². The number of carbonyl (C=O) groups excluding carboxylic acids is 1. The summed E-state index contributed by atoms with van der Waals surface area (Å²) in [6.07, 6.45) is 0. The fourth-order valence-electron chi connectivity index (χ4n) is 4.03. The van der Waals surface area contributed by atoms with E-state index in [2.05, 4.69) is 4.98 Å². The van der Waals surface area contributed by atoms with E-state index in [0.29, 0.717) is 17.7 Å². The lowest BCUT2D eigenvalue weighted by Gasteiger charge is -2.23. The molecule has 0 aliphatic carbocycles. The Morgan fingerprint density at radius 1 is 1.00 bits per heavy atom. The fourth-order valence-corrected chi connectivity index (χ4v) is 4.69. The number of amides is 1. The van der Waals surface area contributed by atoms with Gasteiger partial charge in [-0.3, -0.25) is 4.79 Å². The van der Waals surface area contributed by atoms with Crippen LogP contribution in [0.1, 0.15) is 21.5 Å². The molecular weight excluding hydrogens is 463 g/mol. The number of thiophene rings is 1. The maximum absolute atomic E-state index is 13.7. The minimum atomic E-state index is -0.392. The molecule has 0 bridgehead atoms. The Bertz CT molecular complexity index is 1530. The van der Waals surface area contributed by atoms with Crippen molar-refractivity contribution in [2.24, 2.45) is 0 Å². The van der Waals surface area contributed by atoms with E-state index in [-0.39, 0.29) is 22.9 Å². The highest BCUT2D eigenvalue weighted by molar-refractivity contribution is 7.07. The summed E-state index contributed by atoms with van der Waals surface area (Å²) in [6.45, 7) is 2.27. The number of hydrogen-bond acceptors (Lipinski definition) is 5. The third-order valence-electron chi connectivity index (χ3n) is 5.80. The number of aromatic hydroxyl groups is 2. The topological polar surface area (TPSA) is 73.7 Å². The summed E-state index contributed by atoms with van der Waals surface area (Å²) in [4.78, 5) is 19.7. The van der Waals surface area contributed by atoms with Crippen LogP contribution in [0, 0.1) is 12.7 Å². The number of fused-ring (bicyclic) bond motifs is 1. The zero-order chi connectivity index (χ0) is 24.5. The molecule has 5 rings (SSSR count). The smallest absolute Gasteiger partial charge is 0.262 e. The molecule has 0 saturated carbocycles. The number of nitrogens with zero attached hydrogens (tertiary/aromatic N) is 2. The van der Waals surface area contributed by atoms with Crippen LogP contribution in [0.3, 0.4) is 0 Å². The average molecular weight is 485 g/mol. The third-order valence-corrected chi connectivity index (χ3v) is 6.53. The van der Waals surface area contributed by atoms with E-state index in [0.717, 1.165) is 33.8 Å². The summed E-state index contributed by atoms with van der Waals surface area (Å²) in [5.41, 5.74) is 4.80. The number of carbonyl (C=O) groups is 1. The van der Waals surface area contributed by atoms with Crippen LogP contribution in [0.15, 0.2) is 83.6 Å². The normalized spacial score (nSPS) is 11.0. The lowest BCUT2D eigenvalue weighted by Crippen LogP contribution is -2.30. The molecule has 5 nitrogen and oxygen atoms in total. The monoisotopic (exact) mass is 484 g/mol. The van der Waals surface area contributed by atoms with Gasteiger partial charge in [0.05, 0.1) is 23.3 Å². The highest BCUT2D eigenvalue weighted by Crippen LogP contribution is 2.31. The van der Waals surface area contributed by atoms with E-state index in [1.807, 2.05) is 54.1 Å². The SMILES string of the molecule is Cc1cc2ccc(F)cc2nc1-c1ccc(N(Cc2ccsc2)C(=O)c2ccc(O)cc2O)cc1. The highest BCUT2D eigenvalue weighted by atomic mass is 32.1. The van der Waals surface area contributed by atoms with Crippen molar-refractivity contribution < 1.29 is 19.4 Å². The zero-order valence-electron chi connectivity index (χ0n) is 18.8. The first-order valence-electron chi connectivity index (χ1n) is 10.9. The van der Waals surface area contributed by atoms with E-state index in [9.17, 15) is 19.4 Å². The van der Waals surface area contributed by atoms with Gasteiger partial charge in [0.25, 0.3) is 5.91 Å². The lowest BCUT2D eigenvalue weighted by atomic mass is 10.0. The van der Waals surface area contributed by atoms with Crippen LogP contribution in [-0.4, -0.2) is 21.1 Å². The van der Waals surface area contributed by atoms with E-state index in [4.69, 9.17) is 0 Å². The quantitative estimate of drug-likeness (QED) is 0.292. The zero-order valence-corrected chi connectivity index (χ0v) is 19.6. The molecule has 5 aromatic rings. The van der Waals surface area contributed by atoms with Gasteiger partial charge in [0.15, 0.2) is 0 Å². The second-order valence-corrected chi connectivity index (χ2v) is 9.04. The van der Waals surface area contributed by atoms with Crippen LogP contribution in [0.2, 0.25) is 0 Å². The van der Waals surface area contributed by atoms with Gasteiger partial charge in [-0.2, -0.15) is 11.3 Å². The van der Waals surface area contributed by atoms with Crippen molar-refractivity contribution in [3.63, 3.8) is 0 Å². The molecule has 0 aliphatic rings. The molecule has 0 radical (unpaired) electrons. The first kappa shape index (κ1) is 22.6.